The zero-order valence-corrected chi connectivity index (χ0v) is 30.5. The Bertz CT molecular complexity index is 2090. The number of ether oxygens (including phenoxy) is 1. The van der Waals surface area contributed by atoms with Gasteiger partial charge in [-0.05, 0) is 86.0 Å². The van der Waals surface area contributed by atoms with E-state index in [1.165, 1.54) is 25.3 Å². The number of allylic oxidation sites excluding steroid dienone is 2. The minimum atomic E-state index is -4.77. The Kier molecular flexibility index (Phi) is 8.72. The summed E-state index contributed by atoms with van der Waals surface area (Å²) in [6, 6.07) is 8.31. The number of benzene rings is 2. The topological polar surface area (TPSA) is 149 Å². The van der Waals surface area contributed by atoms with Crippen LogP contribution in [0.2, 0.25) is 10.0 Å². The lowest BCUT2D eigenvalue weighted by Gasteiger charge is -2.51. The Balaban J connectivity index is 1.49. The highest BCUT2D eigenvalue weighted by Gasteiger charge is 2.70. The summed E-state index contributed by atoms with van der Waals surface area (Å²) in [5.74, 6) is -9.23. The third kappa shape index (κ3) is 5.19. The van der Waals surface area contributed by atoms with E-state index in [2.05, 4.69) is 42.3 Å². The number of pyridine rings is 1. The van der Waals surface area contributed by atoms with Crippen molar-refractivity contribution >= 4 is 84.5 Å². The zero-order chi connectivity index (χ0) is 36.9. The fourth-order valence-corrected chi connectivity index (χ4v) is 9.38. The molecule has 51 heavy (non-hydrogen) atoms. The van der Waals surface area contributed by atoms with Crippen LogP contribution >= 0.6 is 55.1 Å². The van der Waals surface area contributed by atoms with Crippen molar-refractivity contribution in [2.75, 3.05) is 12.5 Å². The van der Waals surface area contributed by atoms with Gasteiger partial charge in [0.15, 0.2) is 17.3 Å². The molecule has 2 aliphatic carbocycles. The lowest BCUT2D eigenvalue weighted by Crippen LogP contribution is -2.53. The fourth-order valence-electron chi connectivity index (χ4n) is 8.09. The molecule has 7 rings (SSSR count). The van der Waals surface area contributed by atoms with E-state index in [4.69, 9.17) is 27.9 Å². The maximum atomic E-state index is 15.2. The van der Waals surface area contributed by atoms with Crippen molar-refractivity contribution < 1.29 is 47.4 Å². The molecule has 2 aromatic carbocycles. The van der Waals surface area contributed by atoms with Crippen molar-refractivity contribution in [3.8, 4) is 11.5 Å². The smallest absolute Gasteiger partial charge is 0.417 e. The van der Waals surface area contributed by atoms with Crippen molar-refractivity contribution in [3.63, 3.8) is 0 Å². The molecule has 2 aliphatic heterocycles. The van der Waals surface area contributed by atoms with Crippen LogP contribution in [-0.4, -0.2) is 56.1 Å². The first-order valence-corrected chi connectivity index (χ1v) is 17.5. The van der Waals surface area contributed by atoms with Crippen LogP contribution in [0.15, 0.2) is 63.2 Å². The number of aromatic nitrogens is 1. The molecule has 18 heteroatoms. The highest BCUT2D eigenvalue weighted by atomic mass is 79.9. The molecule has 3 heterocycles. The Morgan fingerprint density at radius 1 is 1.02 bits per heavy atom. The molecule has 1 aromatic heterocycles. The van der Waals surface area contributed by atoms with Crippen molar-refractivity contribution in [2.24, 2.45) is 23.7 Å². The Morgan fingerprint density at radius 3 is 2.33 bits per heavy atom. The van der Waals surface area contributed by atoms with Gasteiger partial charge in [-0.1, -0.05) is 47.0 Å². The SMILES string of the molecule is COc1cc([C@H]2C3=CC[C@@H]4C(=O)N(O)C(=O)[C@@H]4[C@@H]3C[C@H]3C(=O)N(Nc4ncc(C(F)(F)F)cc4Cl)C(=O)[C@@]23c2ccc(Cl)cc2)c(Br)c(Br)c1O. The lowest BCUT2D eigenvalue weighted by molar-refractivity contribution is -0.173. The normalized spacial score (nSPS) is 27.3. The van der Waals surface area contributed by atoms with Gasteiger partial charge < -0.3 is 9.84 Å². The number of anilines is 1. The summed E-state index contributed by atoms with van der Waals surface area (Å²) in [5.41, 5.74) is 0.740. The van der Waals surface area contributed by atoms with Gasteiger partial charge >= 0.3 is 6.18 Å². The third-order valence-electron chi connectivity index (χ3n) is 10.2. The number of amides is 4. The molecule has 2 saturated heterocycles. The molecule has 6 atom stereocenters. The Morgan fingerprint density at radius 2 is 1.71 bits per heavy atom. The van der Waals surface area contributed by atoms with E-state index in [9.17, 15) is 37.9 Å². The van der Waals surface area contributed by atoms with Gasteiger partial charge in [0.1, 0.15) is 0 Å². The summed E-state index contributed by atoms with van der Waals surface area (Å²) in [6.45, 7) is 0. The van der Waals surface area contributed by atoms with E-state index in [0.29, 0.717) is 39.0 Å². The van der Waals surface area contributed by atoms with E-state index >= 15 is 4.79 Å². The first-order chi connectivity index (χ1) is 24.0. The number of carbonyl (C=O) groups excluding carboxylic acids is 4. The van der Waals surface area contributed by atoms with Crippen LogP contribution < -0.4 is 10.2 Å². The first-order valence-electron chi connectivity index (χ1n) is 15.2. The van der Waals surface area contributed by atoms with Crippen LogP contribution in [0.25, 0.3) is 0 Å². The molecule has 1 saturated carbocycles. The molecule has 11 nitrogen and oxygen atoms in total. The number of halogens is 7. The van der Waals surface area contributed by atoms with E-state index in [-0.39, 0.29) is 38.3 Å². The predicted octanol–water partition coefficient (Wildman–Crippen LogP) is 7.02. The van der Waals surface area contributed by atoms with Crippen LogP contribution in [0.1, 0.15) is 35.4 Å². The van der Waals surface area contributed by atoms with Crippen molar-refractivity contribution in [1.29, 1.82) is 0 Å². The minimum absolute atomic E-state index is 0.000402. The second-order valence-corrected chi connectivity index (χ2v) is 15.0. The number of fused-ring (bicyclic) bond motifs is 4. The largest absolute Gasteiger partial charge is 0.503 e. The van der Waals surface area contributed by atoms with Crippen molar-refractivity contribution in [3.05, 3.63) is 89.9 Å². The number of phenols is 1. The van der Waals surface area contributed by atoms with Crippen LogP contribution in [0.3, 0.4) is 0 Å². The van der Waals surface area contributed by atoms with Gasteiger partial charge in [0.05, 0.1) is 45.3 Å². The number of carbonyl (C=O) groups is 4. The predicted molar refractivity (Wildman–Crippen MR) is 181 cm³/mol. The van der Waals surface area contributed by atoms with Crippen LogP contribution in [0.5, 0.6) is 11.5 Å². The van der Waals surface area contributed by atoms with E-state index in [1.807, 2.05) is 0 Å². The molecule has 4 aliphatic rings. The van der Waals surface area contributed by atoms with Crippen LogP contribution in [-0.2, 0) is 30.8 Å². The number of hydrogen-bond donors (Lipinski definition) is 3. The highest BCUT2D eigenvalue weighted by Crippen LogP contribution is 2.65. The van der Waals surface area contributed by atoms with Gasteiger partial charge in [-0.3, -0.25) is 29.8 Å². The number of nitrogens with one attached hydrogen (secondary N) is 1. The number of imide groups is 2. The Labute approximate surface area is 313 Å². The molecular weight excluding hydrogens is 852 g/mol. The molecule has 3 fully saturated rings. The number of hydrogen-bond acceptors (Lipinski definition) is 9. The standard InChI is InChI=1S/C33H23Br2Cl2F3N4O7/c1-51-21-10-18(24(34)25(35)26(21)45)23-15-6-7-16-22(30(48)44(50)28(16)46)17(15)9-19-29(47)43(31(49)32(19,23)12-2-4-14(36)5-3-12)42-27-20(37)8-13(11-41-27)33(38,39)40/h2-6,8,10-11,16-17,19,22-23,45,50H,7,9H2,1H3,(H,41,42)/t16-,17+,19-,22-,23+,32+/m0/s1. The molecular formula is C33H23Br2Cl2F3N4O7. The minimum Gasteiger partial charge on any atom is -0.503 e. The zero-order valence-electron chi connectivity index (χ0n) is 25.8. The second-order valence-electron chi connectivity index (χ2n) is 12.6. The lowest BCUT2D eigenvalue weighted by atomic mass is 9.49. The van der Waals surface area contributed by atoms with Crippen LogP contribution in [0.4, 0.5) is 19.0 Å². The number of hydroxylamine groups is 2. The van der Waals surface area contributed by atoms with E-state index in [0.717, 1.165) is 0 Å². The molecule has 0 radical (unpaired) electrons. The average molecular weight is 875 g/mol. The molecule has 3 aromatic rings. The fraction of sp³-hybridized carbons (Fsp3) is 0.303. The quantitative estimate of drug-likeness (QED) is 0.140. The summed E-state index contributed by atoms with van der Waals surface area (Å²) in [4.78, 5) is 60.1. The summed E-state index contributed by atoms with van der Waals surface area (Å²) in [6.07, 6.45) is -2.66. The third-order valence-corrected chi connectivity index (χ3v) is 12.9. The average Bonchev–Trinajstić information content (AvgIpc) is 3.44. The number of aromatic hydroxyl groups is 1. The highest BCUT2D eigenvalue weighted by molar-refractivity contribution is 9.13. The monoisotopic (exact) mass is 872 g/mol. The number of nitrogens with zero attached hydrogens (tertiary/aromatic N) is 3. The van der Waals surface area contributed by atoms with E-state index in [1.54, 1.807) is 18.2 Å². The van der Waals surface area contributed by atoms with Crippen molar-refractivity contribution in [2.45, 2.75) is 30.4 Å². The molecule has 266 valence electrons. The number of alkyl halides is 3. The number of phenolic OH excluding ortho intramolecular Hbond substituents is 1. The second kappa shape index (κ2) is 12.5. The van der Waals surface area contributed by atoms with E-state index < -0.39 is 81.2 Å². The van der Waals surface area contributed by atoms with Gasteiger partial charge in [0.25, 0.3) is 23.6 Å². The summed E-state index contributed by atoms with van der Waals surface area (Å²) in [7, 11) is 1.32. The summed E-state index contributed by atoms with van der Waals surface area (Å²) >= 11 is 19.4. The Hall–Kier alpha value is -3.70. The van der Waals surface area contributed by atoms with Gasteiger partial charge in [-0.25, -0.2) is 4.98 Å². The summed E-state index contributed by atoms with van der Waals surface area (Å²) < 4.78 is 46.1. The number of hydrazine groups is 1. The van der Waals surface area contributed by atoms with Gasteiger partial charge in [0, 0.05) is 21.6 Å². The maximum absolute atomic E-state index is 15.2. The van der Waals surface area contributed by atoms with Crippen LogP contribution in [0, 0.1) is 23.7 Å². The molecule has 0 spiro atoms. The molecule has 3 N–H and O–H groups in total. The first kappa shape index (κ1) is 35.7. The molecule has 0 unspecified atom stereocenters. The number of methoxy groups -OCH3 is 1. The van der Waals surface area contributed by atoms with Gasteiger partial charge in [-0.15, -0.1) is 0 Å². The number of rotatable bonds is 5. The molecule has 0 bridgehead atoms. The summed E-state index contributed by atoms with van der Waals surface area (Å²) in [5, 5.41) is 21.8. The van der Waals surface area contributed by atoms with Gasteiger partial charge in [-0.2, -0.15) is 23.2 Å². The van der Waals surface area contributed by atoms with Gasteiger partial charge in [0.2, 0.25) is 0 Å². The molecule has 4 amide bonds. The maximum Gasteiger partial charge on any atom is 0.417 e. The van der Waals surface area contributed by atoms with Crippen molar-refractivity contribution in [1.82, 2.24) is 15.1 Å².